The van der Waals surface area contributed by atoms with Crippen LogP contribution >= 0.6 is 24.8 Å². The summed E-state index contributed by atoms with van der Waals surface area (Å²) in [6.45, 7) is 11.2. The normalized spacial score (nSPS) is 23.5. The number of rotatable bonds is 7. The molecular formula is C18H37Cl2N3O2. The van der Waals surface area contributed by atoms with Crippen LogP contribution in [-0.2, 0) is 9.53 Å². The summed E-state index contributed by atoms with van der Waals surface area (Å²) in [5.74, 6) is 1.59. The summed E-state index contributed by atoms with van der Waals surface area (Å²) in [5.41, 5.74) is 0. The van der Waals surface area contributed by atoms with Crippen molar-refractivity contribution in [3.05, 3.63) is 0 Å². The molecule has 0 aromatic carbocycles. The Morgan fingerprint density at radius 3 is 2.52 bits per heavy atom. The molecule has 2 heterocycles. The molecule has 1 amide bonds. The van der Waals surface area contributed by atoms with E-state index in [1.165, 1.54) is 12.8 Å². The van der Waals surface area contributed by atoms with E-state index in [-0.39, 0.29) is 24.8 Å². The summed E-state index contributed by atoms with van der Waals surface area (Å²) in [6.07, 6.45) is 4.25. The predicted octanol–water partition coefficient (Wildman–Crippen LogP) is 2.43. The molecule has 2 aliphatic rings. The lowest BCUT2D eigenvalue weighted by atomic mass is 9.84. The number of nitrogens with one attached hydrogen (secondary N) is 1. The zero-order valence-electron chi connectivity index (χ0n) is 16.0. The van der Waals surface area contributed by atoms with Gasteiger partial charge in [-0.1, -0.05) is 13.8 Å². The van der Waals surface area contributed by atoms with Gasteiger partial charge in [0.25, 0.3) is 0 Å². The van der Waals surface area contributed by atoms with Crippen molar-refractivity contribution in [2.24, 2.45) is 11.8 Å². The predicted molar refractivity (Wildman–Crippen MR) is 108 cm³/mol. The second-order valence-corrected chi connectivity index (χ2v) is 7.20. The first-order valence-electron chi connectivity index (χ1n) is 9.37. The molecule has 7 heteroatoms. The van der Waals surface area contributed by atoms with Gasteiger partial charge in [-0.2, -0.15) is 0 Å². The zero-order chi connectivity index (χ0) is 16.7. The number of piperidine rings is 1. The Hall–Kier alpha value is -0.0700. The highest BCUT2D eigenvalue weighted by Gasteiger charge is 2.30. The van der Waals surface area contributed by atoms with E-state index in [1.807, 2.05) is 0 Å². The van der Waals surface area contributed by atoms with Crippen molar-refractivity contribution in [1.29, 1.82) is 0 Å². The molecule has 0 aromatic rings. The summed E-state index contributed by atoms with van der Waals surface area (Å²) < 4.78 is 5.20. The standard InChI is InChI=1S/C18H35N3O2.2ClH/c1-4-17-14-21(10-9-20(17)11-12-23-3)18(22)13-15(2)16-5-7-19-8-6-16;;/h15-17,19H,4-14H2,1-3H3;2*1H. The Bertz CT molecular complexity index is 368. The Morgan fingerprint density at radius 1 is 1.24 bits per heavy atom. The number of piperazine rings is 1. The van der Waals surface area contributed by atoms with Crippen LogP contribution in [0.15, 0.2) is 0 Å². The minimum Gasteiger partial charge on any atom is -0.383 e. The van der Waals surface area contributed by atoms with Crippen molar-refractivity contribution in [3.63, 3.8) is 0 Å². The van der Waals surface area contributed by atoms with E-state index in [4.69, 9.17) is 4.74 Å². The highest BCUT2D eigenvalue weighted by Crippen LogP contribution is 2.25. The zero-order valence-corrected chi connectivity index (χ0v) is 17.7. The van der Waals surface area contributed by atoms with Crippen LogP contribution < -0.4 is 5.32 Å². The molecule has 2 rings (SSSR count). The van der Waals surface area contributed by atoms with E-state index in [1.54, 1.807) is 7.11 Å². The Balaban J connectivity index is 0.00000288. The molecule has 0 radical (unpaired) electrons. The first-order valence-corrected chi connectivity index (χ1v) is 9.37. The van der Waals surface area contributed by atoms with E-state index in [0.29, 0.717) is 23.8 Å². The number of ether oxygens (including phenoxy) is 1. The van der Waals surface area contributed by atoms with Crippen molar-refractivity contribution in [2.75, 3.05) is 53.0 Å². The fraction of sp³-hybridized carbons (Fsp3) is 0.944. The van der Waals surface area contributed by atoms with Gasteiger partial charge in [0.1, 0.15) is 0 Å². The summed E-state index contributed by atoms with van der Waals surface area (Å²) in [5, 5.41) is 3.41. The molecule has 2 fully saturated rings. The fourth-order valence-electron chi connectivity index (χ4n) is 3.99. The number of nitrogens with zero attached hydrogens (tertiary/aromatic N) is 2. The minimum atomic E-state index is 0. The summed E-state index contributed by atoms with van der Waals surface area (Å²) in [7, 11) is 1.75. The lowest BCUT2D eigenvalue weighted by Crippen LogP contribution is -2.55. The Labute approximate surface area is 166 Å². The first kappa shape index (κ1) is 24.9. The summed E-state index contributed by atoms with van der Waals surface area (Å²) in [4.78, 5) is 17.3. The third kappa shape index (κ3) is 7.59. The van der Waals surface area contributed by atoms with E-state index in [0.717, 1.165) is 58.7 Å². The monoisotopic (exact) mass is 397 g/mol. The van der Waals surface area contributed by atoms with Crippen LogP contribution in [0.4, 0.5) is 0 Å². The summed E-state index contributed by atoms with van der Waals surface area (Å²) in [6, 6.07) is 0.483. The van der Waals surface area contributed by atoms with Gasteiger partial charge in [0.05, 0.1) is 6.61 Å². The molecule has 0 aliphatic carbocycles. The van der Waals surface area contributed by atoms with Gasteiger partial charge in [-0.25, -0.2) is 0 Å². The second-order valence-electron chi connectivity index (χ2n) is 7.20. The van der Waals surface area contributed by atoms with Crippen molar-refractivity contribution in [3.8, 4) is 0 Å². The van der Waals surface area contributed by atoms with Crippen LogP contribution in [-0.4, -0.2) is 74.7 Å². The van der Waals surface area contributed by atoms with Crippen molar-refractivity contribution < 1.29 is 9.53 Å². The van der Waals surface area contributed by atoms with Gasteiger partial charge in [0, 0.05) is 45.8 Å². The third-order valence-electron chi connectivity index (χ3n) is 5.70. The van der Waals surface area contributed by atoms with E-state index < -0.39 is 0 Å². The third-order valence-corrected chi connectivity index (χ3v) is 5.70. The number of carbonyl (C=O) groups excluding carboxylic acids is 1. The molecule has 1 N–H and O–H groups in total. The molecule has 0 spiro atoms. The number of carbonyl (C=O) groups is 1. The van der Waals surface area contributed by atoms with Crippen LogP contribution in [0.3, 0.4) is 0 Å². The Kier molecular flexibility index (Phi) is 13.1. The van der Waals surface area contributed by atoms with Gasteiger partial charge in [-0.3, -0.25) is 9.69 Å². The van der Waals surface area contributed by atoms with Crippen LogP contribution in [0.2, 0.25) is 0 Å². The topological polar surface area (TPSA) is 44.8 Å². The minimum absolute atomic E-state index is 0. The molecule has 150 valence electrons. The molecule has 0 bridgehead atoms. The van der Waals surface area contributed by atoms with Crippen molar-refractivity contribution in [2.45, 2.75) is 45.6 Å². The van der Waals surface area contributed by atoms with Gasteiger partial charge in [0.15, 0.2) is 0 Å². The number of hydrogen-bond donors (Lipinski definition) is 1. The average Bonchev–Trinajstić information content (AvgIpc) is 2.60. The average molecular weight is 398 g/mol. The number of amides is 1. The molecule has 25 heavy (non-hydrogen) atoms. The molecule has 0 saturated carbocycles. The van der Waals surface area contributed by atoms with Gasteiger partial charge in [0.2, 0.25) is 5.91 Å². The SMILES string of the molecule is CCC1CN(C(=O)CC(C)C2CCNCC2)CCN1CCOC.Cl.Cl. The fourth-order valence-corrected chi connectivity index (χ4v) is 3.99. The highest BCUT2D eigenvalue weighted by molar-refractivity contribution is 5.85. The van der Waals surface area contributed by atoms with Gasteiger partial charge >= 0.3 is 0 Å². The highest BCUT2D eigenvalue weighted by atomic mass is 35.5. The van der Waals surface area contributed by atoms with Crippen LogP contribution in [0.1, 0.15) is 39.5 Å². The smallest absolute Gasteiger partial charge is 0.222 e. The first-order chi connectivity index (χ1) is 11.2. The Morgan fingerprint density at radius 2 is 1.92 bits per heavy atom. The lowest BCUT2D eigenvalue weighted by Gasteiger charge is -2.41. The van der Waals surface area contributed by atoms with Crippen LogP contribution in [0, 0.1) is 11.8 Å². The van der Waals surface area contributed by atoms with Crippen molar-refractivity contribution >= 4 is 30.7 Å². The second kappa shape index (κ2) is 13.2. The quantitative estimate of drug-likeness (QED) is 0.716. The van der Waals surface area contributed by atoms with Crippen molar-refractivity contribution in [1.82, 2.24) is 15.1 Å². The van der Waals surface area contributed by atoms with Gasteiger partial charge in [-0.05, 0) is 44.2 Å². The van der Waals surface area contributed by atoms with Gasteiger partial charge < -0.3 is 15.0 Å². The maximum atomic E-state index is 12.7. The maximum absolute atomic E-state index is 12.7. The molecule has 2 aliphatic heterocycles. The van der Waals surface area contributed by atoms with E-state index in [2.05, 4.69) is 29.0 Å². The van der Waals surface area contributed by atoms with Crippen LogP contribution in [0.25, 0.3) is 0 Å². The van der Waals surface area contributed by atoms with E-state index in [9.17, 15) is 4.79 Å². The number of hydrogen-bond acceptors (Lipinski definition) is 4. The lowest BCUT2D eigenvalue weighted by molar-refractivity contribution is -0.135. The molecular weight excluding hydrogens is 361 g/mol. The summed E-state index contributed by atoms with van der Waals surface area (Å²) >= 11 is 0. The number of methoxy groups -OCH3 is 1. The maximum Gasteiger partial charge on any atom is 0.222 e. The van der Waals surface area contributed by atoms with Gasteiger partial charge in [-0.15, -0.1) is 24.8 Å². The molecule has 2 unspecified atom stereocenters. The molecule has 2 saturated heterocycles. The largest absolute Gasteiger partial charge is 0.383 e. The molecule has 0 aromatic heterocycles. The molecule has 2 atom stereocenters. The molecule has 5 nitrogen and oxygen atoms in total. The van der Waals surface area contributed by atoms with E-state index >= 15 is 0 Å². The number of halogens is 2. The van der Waals surface area contributed by atoms with Crippen LogP contribution in [0.5, 0.6) is 0 Å².